The summed E-state index contributed by atoms with van der Waals surface area (Å²) in [5, 5.41) is 10.3. The van der Waals surface area contributed by atoms with Crippen molar-refractivity contribution in [3.63, 3.8) is 0 Å². The topological polar surface area (TPSA) is 78.1 Å². The summed E-state index contributed by atoms with van der Waals surface area (Å²) in [5.41, 5.74) is 2.13. The van der Waals surface area contributed by atoms with E-state index < -0.39 is 0 Å². The van der Waals surface area contributed by atoms with Crippen molar-refractivity contribution in [2.24, 2.45) is 0 Å². The average Bonchev–Trinajstić information content (AvgIpc) is 3.42. The minimum absolute atomic E-state index is 0.0417. The van der Waals surface area contributed by atoms with E-state index in [9.17, 15) is 14.0 Å². The molecular formula is C22H27FN4O2. The number of aromatic nitrogens is 2. The molecule has 0 spiro atoms. The van der Waals surface area contributed by atoms with Crippen molar-refractivity contribution in [2.75, 3.05) is 13.1 Å². The summed E-state index contributed by atoms with van der Waals surface area (Å²) in [7, 11) is 0. The van der Waals surface area contributed by atoms with Gasteiger partial charge in [-0.15, -0.1) is 0 Å². The first-order chi connectivity index (χ1) is 14.1. The summed E-state index contributed by atoms with van der Waals surface area (Å²) in [5.74, 6) is -0.243. The Hall–Kier alpha value is -2.70. The van der Waals surface area contributed by atoms with Crippen LogP contribution in [0, 0.1) is 5.82 Å². The molecule has 29 heavy (non-hydrogen) atoms. The van der Waals surface area contributed by atoms with Gasteiger partial charge in [0.2, 0.25) is 5.91 Å². The van der Waals surface area contributed by atoms with Gasteiger partial charge in [0.05, 0.1) is 6.42 Å². The van der Waals surface area contributed by atoms with E-state index in [0.29, 0.717) is 12.2 Å². The number of piperidine rings is 1. The zero-order valence-electron chi connectivity index (χ0n) is 16.5. The van der Waals surface area contributed by atoms with Gasteiger partial charge >= 0.3 is 0 Å². The number of carbonyl (C=O) groups is 2. The summed E-state index contributed by atoms with van der Waals surface area (Å²) < 4.78 is 13.1. The maximum absolute atomic E-state index is 13.1. The lowest BCUT2D eigenvalue weighted by atomic mass is 9.94. The van der Waals surface area contributed by atoms with Crippen LogP contribution in [0.25, 0.3) is 0 Å². The van der Waals surface area contributed by atoms with Gasteiger partial charge in [-0.05, 0) is 49.4 Å². The molecule has 4 rings (SSSR count). The van der Waals surface area contributed by atoms with Crippen LogP contribution in [0.1, 0.15) is 66.2 Å². The maximum Gasteiger partial charge on any atom is 0.271 e. The zero-order chi connectivity index (χ0) is 20.2. The van der Waals surface area contributed by atoms with Crippen LogP contribution in [-0.4, -0.2) is 46.0 Å². The van der Waals surface area contributed by atoms with Crippen LogP contribution in [0.5, 0.6) is 0 Å². The van der Waals surface area contributed by atoms with E-state index in [1.807, 2.05) is 11.0 Å². The number of rotatable bonds is 5. The maximum atomic E-state index is 13.1. The van der Waals surface area contributed by atoms with Crippen LogP contribution in [0.4, 0.5) is 4.39 Å². The second-order valence-electron chi connectivity index (χ2n) is 8.15. The van der Waals surface area contributed by atoms with Gasteiger partial charge in [-0.2, -0.15) is 5.10 Å². The smallest absolute Gasteiger partial charge is 0.271 e. The number of likely N-dealkylation sites (tertiary alicyclic amines) is 1. The molecule has 1 aliphatic carbocycles. The van der Waals surface area contributed by atoms with Crippen molar-refractivity contribution in [2.45, 2.75) is 56.9 Å². The highest BCUT2D eigenvalue weighted by Crippen LogP contribution is 2.27. The van der Waals surface area contributed by atoms with Gasteiger partial charge in [-0.1, -0.05) is 25.0 Å². The number of H-pyrrole nitrogens is 1. The molecule has 1 saturated carbocycles. The number of benzene rings is 1. The highest BCUT2D eigenvalue weighted by atomic mass is 19.1. The summed E-state index contributed by atoms with van der Waals surface area (Å²) in [4.78, 5) is 26.9. The first kappa shape index (κ1) is 19.6. The Morgan fingerprint density at radius 1 is 1.14 bits per heavy atom. The number of carbonyl (C=O) groups excluding carboxylic acids is 2. The normalized spacial score (nSPS) is 20.0. The van der Waals surface area contributed by atoms with Crippen molar-refractivity contribution in [3.8, 4) is 0 Å². The summed E-state index contributed by atoms with van der Waals surface area (Å²) in [6.07, 6.45) is 6.54. The number of hydrogen-bond acceptors (Lipinski definition) is 3. The molecule has 1 atom stereocenters. The molecule has 0 bridgehead atoms. The minimum Gasteiger partial charge on any atom is -0.348 e. The third-order valence-electron chi connectivity index (χ3n) is 6.00. The average molecular weight is 398 g/mol. The lowest BCUT2D eigenvalue weighted by Gasteiger charge is -2.32. The molecule has 1 aromatic heterocycles. The number of nitrogens with zero attached hydrogens (tertiary/aromatic N) is 2. The number of halogens is 1. The van der Waals surface area contributed by atoms with Crippen LogP contribution < -0.4 is 5.32 Å². The molecule has 7 heteroatoms. The van der Waals surface area contributed by atoms with Crippen molar-refractivity contribution < 1.29 is 14.0 Å². The largest absolute Gasteiger partial charge is 0.348 e. The lowest BCUT2D eigenvalue weighted by molar-refractivity contribution is -0.131. The van der Waals surface area contributed by atoms with Crippen LogP contribution in [0.2, 0.25) is 0 Å². The Morgan fingerprint density at radius 3 is 2.66 bits per heavy atom. The van der Waals surface area contributed by atoms with Crippen molar-refractivity contribution in [1.82, 2.24) is 20.4 Å². The van der Waals surface area contributed by atoms with E-state index in [-0.39, 0.29) is 36.0 Å². The third-order valence-corrected chi connectivity index (χ3v) is 6.00. The molecule has 1 aromatic carbocycles. The molecule has 2 fully saturated rings. The van der Waals surface area contributed by atoms with E-state index in [1.165, 1.54) is 25.0 Å². The predicted molar refractivity (Wildman–Crippen MR) is 107 cm³/mol. The number of hydrogen-bond donors (Lipinski definition) is 2. The Morgan fingerprint density at radius 2 is 1.90 bits per heavy atom. The molecular weight excluding hydrogens is 371 g/mol. The second-order valence-corrected chi connectivity index (χ2v) is 8.15. The molecule has 2 amide bonds. The van der Waals surface area contributed by atoms with Crippen molar-refractivity contribution >= 4 is 11.8 Å². The highest BCUT2D eigenvalue weighted by Gasteiger charge is 2.27. The molecule has 0 radical (unpaired) electrons. The summed E-state index contributed by atoms with van der Waals surface area (Å²) in [6.45, 7) is 1.32. The first-order valence-corrected chi connectivity index (χ1v) is 10.5. The SMILES string of the molecule is O=C(NC1CCCC1)c1cc(C2CCCN(C(=O)Cc3ccc(F)cc3)C2)[nH]n1. The fourth-order valence-corrected chi connectivity index (χ4v) is 4.34. The second kappa shape index (κ2) is 8.76. The van der Waals surface area contributed by atoms with Crippen LogP contribution >= 0.6 is 0 Å². The van der Waals surface area contributed by atoms with Gasteiger partial charge in [0.15, 0.2) is 0 Å². The zero-order valence-corrected chi connectivity index (χ0v) is 16.5. The molecule has 6 nitrogen and oxygen atoms in total. The number of nitrogens with one attached hydrogen (secondary N) is 2. The molecule has 2 N–H and O–H groups in total. The van der Waals surface area contributed by atoms with E-state index in [4.69, 9.17) is 0 Å². The molecule has 1 saturated heterocycles. The van der Waals surface area contributed by atoms with Gasteiger partial charge in [-0.25, -0.2) is 4.39 Å². The monoisotopic (exact) mass is 398 g/mol. The number of aromatic amines is 1. The van der Waals surface area contributed by atoms with E-state index in [1.54, 1.807) is 12.1 Å². The van der Waals surface area contributed by atoms with Gasteiger partial charge in [0.1, 0.15) is 11.5 Å². The molecule has 2 heterocycles. The Labute approximate surface area is 169 Å². The molecule has 154 valence electrons. The molecule has 2 aromatic rings. The van der Waals surface area contributed by atoms with Gasteiger partial charge < -0.3 is 10.2 Å². The molecule has 2 aliphatic rings. The Balaban J connectivity index is 1.35. The summed E-state index contributed by atoms with van der Waals surface area (Å²) in [6, 6.07) is 8.15. The number of amides is 2. The fraction of sp³-hybridized carbons (Fsp3) is 0.500. The van der Waals surface area contributed by atoms with Crippen LogP contribution in [0.15, 0.2) is 30.3 Å². The van der Waals surface area contributed by atoms with Gasteiger partial charge in [0.25, 0.3) is 5.91 Å². The van der Waals surface area contributed by atoms with Crippen molar-refractivity contribution in [1.29, 1.82) is 0 Å². The van der Waals surface area contributed by atoms with Gasteiger partial charge in [0, 0.05) is 30.7 Å². The predicted octanol–water partition coefficient (Wildman–Crippen LogP) is 3.17. The minimum atomic E-state index is -0.300. The van der Waals surface area contributed by atoms with E-state index >= 15 is 0 Å². The third kappa shape index (κ3) is 4.83. The lowest BCUT2D eigenvalue weighted by Crippen LogP contribution is -2.40. The van der Waals surface area contributed by atoms with Crippen LogP contribution in [0.3, 0.4) is 0 Å². The highest BCUT2D eigenvalue weighted by molar-refractivity contribution is 5.92. The Bertz CT molecular complexity index is 858. The Kier molecular flexibility index (Phi) is 5.92. The fourth-order valence-electron chi connectivity index (χ4n) is 4.34. The standard InChI is InChI=1S/C22H27FN4O2/c23-17-9-7-15(8-10-17)12-21(28)27-11-3-4-16(14-27)19-13-20(26-25-19)22(29)24-18-5-1-2-6-18/h7-10,13,16,18H,1-6,11-12,14H2,(H,24,29)(H,25,26). The quantitative estimate of drug-likeness (QED) is 0.812. The molecule has 1 unspecified atom stereocenters. The molecule has 1 aliphatic heterocycles. The summed E-state index contributed by atoms with van der Waals surface area (Å²) >= 11 is 0. The van der Waals surface area contributed by atoms with E-state index in [2.05, 4.69) is 15.5 Å². The van der Waals surface area contributed by atoms with Crippen molar-refractivity contribution in [3.05, 3.63) is 53.1 Å². The van der Waals surface area contributed by atoms with E-state index in [0.717, 1.165) is 43.5 Å². The first-order valence-electron chi connectivity index (χ1n) is 10.5. The van der Waals surface area contributed by atoms with Gasteiger partial charge in [-0.3, -0.25) is 14.7 Å². The van der Waals surface area contributed by atoms with Crippen LogP contribution in [-0.2, 0) is 11.2 Å².